The fourth-order valence-electron chi connectivity index (χ4n) is 2.85. The fraction of sp³-hybridized carbons (Fsp3) is 0.353. The van der Waals surface area contributed by atoms with Gasteiger partial charge in [-0.25, -0.2) is 9.48 Å². The summed E-state index contributed by atoms with van der Waals surface area (Å²) in [5.74, 6) is -1.79. The molecule has 1 fully saturated rings. The van der Waals surface area contributed by atoms with E-state index in [0.29, 0.717) is 13.0 Å². The Bertz CT molecular complexity index is 830. The molecule has 1 unspecified atom stereocenters. The fourth-order valence-corrected chi connectivity index (χ4v) is 2.85. The number of aromatic carboxylic acids is 1. The molecule has 136 valence electrons. The summed E-state index contributed by atoms with van der Waals surface area (Å²) in [7, 11) is 0. The Morgan fingerprint density at radius 2 is 2.04 bits per heavy atom. The van der Waals surface area contributed by atoms with Gasteiger partial charge in [-0.05, 0) is 31.9 Å². The third-order valence-electron chi connectivity index (χ3n) is 4.18. The van der Waals surface area contributed by atoms with Crippen molar-refractivity contribution in [1.82, 2.24) is 20.3 Å². The van der Waals surface area contributed by atoms with Crippen LogP contribution in [0.3, 0.4) is 0 Å². The largest absolute Gasteiger partial charge is 0.476 e. The number of carbonyl (C=O) groups is 3. The Kier molecular flexibility index (Phi) is 4.97. The molecule has 1 aromatic carbocycles. The van der Waals surface area contributed by atoms with Crippen LogP contribution in [0, 0.1) is 6.92 Å². The van der Waals surface area contributed by atoms with E-state index in [0.717, 1.165) is 22.4 Å². The van der Waals surface area contributed by atoms with Crippen molar-refractivity contribution in [2.45, 2.75) is 32.4 Å². The Morgan fingerprint density at radius 3 is 2.69 bits per heavy atom. The van der Waals surface area contributed by atoms with Crippen LogP contribution in [0.5, 0.6) is 0 Å². The Hall–Kier alpha value is -3.23. The summed E-state index contributed by atoms with van der Waals surface area (Å²) >= 11 is 0. The molecule has 9 heteroatoms. The Balaban J connectivity index is 1.63. The molecule has 9 nitrogen and oxygen atoms in total. The van der Waals surface area contributed by atoms with E-state index in [1.807, 2.05) is 31.2 Å². The second kappa shape index (κ2) is 7.34. The van der Waals surface area contributed by atoms with Crippen LogP contribution in [0.25, 0.3) is 0 Å². The number of aromatic nitrogens is 3. The van der Waals surface area contributed by atoms with E-state index in [1.165, 1.54) is 6.20 Å². The zero-order valence-corrected chi connectivity index (χ0v) is 14.3. The van der Waals surface area contributed by atoms with Crippen molar-refractivity contribution in [2.24, 2.45) is 0 Å². The zero-order chi connectivity index (χ0) is 18.7. The van der Waals surface area contributed by atoms with Crippen molar-refractivity contribution in [1.29, 1.82) is 0 Å². The van der Waals surface area contributed by atoms with Gasteiger partial charge < -0.3 is 15.3 Å². The first-order chi connectivity index (χ1) is 12.4. The van der Waals surface area contributed by atoms with Gasteiger partial charge in [0.05, 0.1) is 6.20 Å². The van der Waals surface area contributed by atoms with E-state index in [2.05, 4.69) is 15.6 Å². The molecular formula is C17H19N5O4. The number of aryl methyl sites for hydroxylation is 1. The lowest BCUT2D eigenvalue weighted by Crippen LogP contribution is -2.53. The van der Waals surface area contributed by atoms with Crippen LogP contribution in [0.2, 0.25) is 0 Å². The minimum Gasteiger partial charge on any atom is -0.476 e. The number of nitrogens with one attached hydrogen (secondary N) is 1. The molecule has 2 aromatic rings. The van der Waals surface area contributed by atoms with Crippen LogP contribution in [0.1, 0.15) is 28.9 Å². The molecule has 3 rings (SSSR count). The van der Waals surface area contributed by atoms with Gasteiger partial charge in [0.1, 0.15) is 12.6 Å². The molecule has 0 spiro atoms. The van der Waals surface area contributed by atoms with Gasteiger partial charge in [0, 0.05) is 12.2 Å². The average Bonchev–Trinajstić information content (AvgIpc) is 3.06. The normalized spacial score (nSPS) is 17.2. The maximum atomic E-state index is 12.7. The summed E-state index contributed by atoms with van der Waals surface area (Å²) in [6, 6.07) is 7.05. The molecular weight excluding hydrogens is 338 g/mol. The van der Waals surface area contributed by atoms with Gasteiger partial charge in [-0.3, -0.25) is 9.59 Å². The number of anilines is 1. The number of hydrogen-bond donors (Lipinski definition) is 2. The first-order valence-corrected chi connectivity index (χ1v) is 8.25. The lowest BCUT2D eigenvalue weighted by atomic mass is 10.0. The summed E-state index contributed by atoms with van der Waals surface area (Å²) in [4.78, 5) is 37.3. The van der Waals surface area contributed by atoms with Gasteiger partial charge in [-0.2, -0.15) is 0 Å². The number of amides is 2. The van der Waals surface area contributed by atoms with Crippen molar-refractivity contribution in [3.63, 3.8) is 0 Å². The average molecular weight is 357 g/mol. The number of hydrogen-bond acceptors (Lipinski definition) is 5. The number of carboxylic acids is 1. The first kappa shape index (κ1) is 17.6. The first-order valence-electron chi connectivity index (χ1n) is 8.25. The number of benzene rings is 1. The maximum Gasteiger partial charge on any atom is 0.358 e. The highest BCUT2D eigenvalue weighted by Gasteiger charge is 2.30. The summed E-state index contributed by atoms with van der Waals surface area (Å²) in [6.07, 6.45) is 2.50. The topological polar surface area (TPSA) is 117 Å². The summed E-state index contributed by atoms with van der Waals surface area (Å²) in [5.41, 5.74) is 1.68. The molecule has 1 aliphatic heterocycles. The predicted molar refractivity (Wildman–Crippen MR) is 91.7 cm³/mol. The van der Waals surface area contributed by atoms with Gasteiger partial charge in [0.2, 0.25) is 11.8 Å². The summed E-state index contributed by atoms with van der Waals surface area (Å²) in [5, 5.41) is 18.6. The number of carboxylic acid groups (broad SMARTS) is 1. The van der Waals surface area contributed by atoms with Crippen LogP contribution in [0.4, 0.5) is 5.69 Å². The van der Waals surface area contributed by atoms with E-state index in [4.69, 9.17) is 5.11 Å². The lowest BCUT2D eigenvalue weighted by Gasteiger charge is -2.32. The highest BCUT2D eigenvalue weighted by Crippen LogP contribution is 2.21. The Labute approximate surface area is 149 Å². The van der Waals surface area contributed by atoms with Crippen LogP contribution < -0.4 is 10.2 Å². The standard InChI is InChI=1S/C17H19N5O4/c1-11-4-6-12(7-5-11)22-8-2-3-13(16(22)24)18-15(23)10-21-9-14(17(25)26)19-20-21/h4-7,9,13H,2-3,8,10H2,1H3,(H,18,23)(H,25,26). The SMILES string of the molecule is Cc1ccc(N2CCCC(NC(=O)Cn3cc(C(=O)O)nn3)C2=O)cc1. The molecule has 2 N–H and O–H groups in total. The van der Waals surface area contributed by atoms with Crippen molar-refractivity contribution >= 4 is 23.5 Å². The second-order valence-electron chi connectivity index (χ2n) is 6.19. The summed E-state index contributed by atoms with van der Waals surface area (Å²) in [6.45, 7) is 2.39. The van der Waals surface area contributed by atoms with Crippen molar-refractivity contribution in [3.05, 3.63) is 41.7 Å². The van der Waals surface area contributed by atoms with E-state index in [-0.39, 0.29) is 18.1 Å². The van der Waals surface area contributed by atoms with E-state index < -0.39 is 17.9 Å². The third-order valence-corrected chi connectivity index (χ3v) is 4.18. The van der Waals surface area contributed by atoms with E-state index >= 15 is 0 Å². The van der Waals surface area contributed by atoms with Gasteiger partial charge >= 0.3 is 5.97 Å². The Morgan fingerprint density at radius 1 is 1.31 bits per heavy atom. The number of carbonyl (C=O) groups excluding carboxylic acids is 2. The van der Waals surface area contributed by atoms with Gasteiger partial charge in [-0.15, -0.1) is 5.10 Å². The molecule has 0 radical (unpaired) electrons. The number of nitrogens with zero attached hydrogens (tertiary/aromatic N) is 4. The molecule has 0 saturated carbocycles. The van der Waals surface area contributed by atoms with E-state index in [1.54, 1.807) is 4.90 Å². The highest BCUT2D eigenvalue weighted by molar-refractivity contribution is 5.99. The van der Waals surface area contributed by atoms with Crippen LogP contribution in [0.15, 0.2) is 30.5 Å². The maximum absolute atomic E-state index is 12.7. The smallest absolute Gasteiger partial charge is 0.358 e. The van der Waals surface area contributed by atoms with Crippen molar-refractivity contribution in [3.8, 4) is 0 Å². The van der Waals surface area contributed by atoms with Crippen LogP contribution >= 0.6 is 0 Å². The number of piperidine rings is 1. The quantitative estimate of drug-likeness (QED) is 0.809. The molecule has 1 aliphatic rings. The molecule has 2 amide bonds. The van der Waals surface area contributed by atoms with Crippen molar-refractivity contribution < 1.29 is 19.5 Å². The van der Waals surface area contributed by atoms with Gasteiger partial charge in [-0.1, -0.05) is 22.9 Å². The molecule has 1 atom stereocenters. The van der Waals surface area contributed by atoms with Gasteiger partial charge in [0.25, 0.3) is 0 Å². The minimum absolute atomic E-state index is 0.154. The monoisotopic (exact) mass is 357 g/mol. The zero-order valence-electron chi connectivity index (χ0n) is 14.3. The lowest BCUT2D eigenvalue weighted by molar-refractivity contribution is -0.128. The van der Waals surface area contributed by atoms with Crippen LogP contribution in [-0.4, -0.2) is 50.5 Å². The predicted octanol–water partition coefficient (Wildman–Crippen LogP) is 0.597. The molecule has 26 heavy (non-hydrogen) atoms. The van der Waals surface area contributed by atoms with Crippen molar-refractivity contribution in [2.75, 3.05) is 11.4 Å². The number of rotatable bonds is 5. The summed E-state index contributed by atoms with van der Waals surface area (Å²) < 4.78 is 1.13. The minimum atomic E-state index is -1.21. The molecule has 1 saturated heterocycles. The second-order valence-corrected chi connectivity index (χ2v) is 6.19. The van der Waals surface area contributed by atoms with Crippen LogP contribution in [-0.2, 0) is 16.1 Å². The van der Waals surface area contributed by atoms with E-state index in [9.17, 15) is 14.4 Å². The molecule has 0 aliphatic carbocycles. The molecule has 0 bridgehead atoms. The third kappa shape index (κ3) is 3.88. The van der Waals surface area contributed by atoms with Gasteiger partial charge in [0.15, 0.2) is 5.69 Å². The molecule has 2 heterocycles. The highest BCUT2D eigenvalue weighted by atomic mass is 16.4. The molecule has 1 aromatic heterocycles.